The molecule has 128 valence electrons. The van der Waals surface area contributed by atoms with Crippen LogP contribution in [-0.2, 0) is 22.6 Å². The van der Waals surface area contributed by atoms with Crippen molar-refractivity contribution in [1.82, 2.24) is 15.1 Å². The molecule has 0 fully saturated rings. The highest BCUT2D eigenvalue weighted by atomic mass is 16.2. The first kappa shape index (κ1) is 18.0. The lowest BCUT2D eigenvalue weighted by molar-refractivity contribution is -0.132. The number of nitrogens with zero attached hydrogens (tertiary/aromatic N) is 3. The van der Waals surface area contributed by atoms with Crippen LogP contribution in [0.5, 0.6) is 0 Å². The van der Waals surface area contributed by atoms with Gasteiger partial charge in [0.15, 0.2) is 0 Å². The van der Waals surface area contributed by atoms with Crippen LogP contribution in [0.15, 0.2) is 24.3 Å². The first-order chi connectivity index (χ1) is 11.6. The molecule has 0 aliphatic carbocycles. The molecule has 24 heavy (non-hydrogen) atoms. The lowest BCUT2D eigenvalue weighted by atomic mass is 9.93. The summed E-state index contributed by atoms with van der Waals surface area (Å²) in [6, 6.07) is 9.91. The van der Waals surface area contributed by atoms with E-state index < -0.39 is 0 Å². The van der Waals surface area contributed by atoms with Crippen molar-refractivity contribution in [2.45, 2.75) is 31.8 Å². The molecule has 0 saturated carbocycles. The van der Waals surface area contributed by atoms with Crippen molar-refractivity contribution in [3.8, 4) is 6.07 Å². The Labute approximate surface area is 143 Å². The molecule has 1 heterocycles. The second-order valence-electron chi connectivity index (χ2n) is 6.05. The van der Waals surface area contributed by atoms with E-state index in [1.807, 2.05) is 18.2 Å². The number of rotatable bonds is 6. The molecule has 1 aliphatic rings. The van der Waals surface area contributed by atoms with Gasteiger partial charge in [-0.3, -0.25) is 14.5 Å². The van der Waals surface area contributed by atoms with Gasteiger partial charge in [0.05, 0.1) is 18.5 Å². The van der Waals surface area contributed by atoms with Crippen LogP contribution in [0.25, 0.3) is 0 Å². The molecular formula is C18H24N4O2. The SMILES string of the molecule is CNC(=O)C1Cc2ccccc2CN1CCC(=O)N(C)CCC#N. The van der Waals surface area contributed by atoms with Crippen molar-refractivity contribution in [1.29, 1.82) is 5.26 Å². The average molecular weight is 328 g/mol. The van der Waals surface area contributed by atoms with Crippen LogP contribution >= 0.6 is 0 Å². The van der Waals surface area contributed by atoms with Gasteiger partial charge in [-0.25, -0.2) is 0 Å². The van der Waals surface area contributed by atoms with E-state index >= 15 is 0 Å². The highest BCUT2D eigenvalue weighted by Crippen LogP contribution is 2.23. The Bertz CT molecular complexity index is 638. The predicted molar refractivity (Wildman–Crippen MR) is 90.9 cm³/mol. The fourth-order valence-electron chi connectivity index (χ4n) is 3.01. The Kier molecular flexibility index (Phi) is 6.33. The highest BCUT2D eigenvalue weighted by molar-refractivity contribution is 5.82. The lowest BCUT2D eigenvalue weighted by Crippen LogP contribution is -2.50. The van der Waals surface area contributed by atoms with Crippen molar-refractivity contribution in [3.05, 3.63) is 35.4 Å². The molecule has 6 heteroatoms. The topological polar surface area (TPSA) is 76.4 Å². The van der Waals surface area contributed by atoms with Crippen LogP contribution in [-0.4, -0.2) is 54.8 Å². The molecule has 1 aromatic carbocycles. The molecule has 0 spiro atoms. The second-order valence-corrected chi connectivity index (χ2v) is 6.05. The summed E-state index contributed by atoms with van der Waals surface area (Å²) in [5.41, 5.74) is 2.41. The minimum absolute atomic E-state index is 0.000217. The zero-order valence-electron chi connectivity index (χ0n) is 14.3. The van der Waals surface area contributed by atoms with Crippen molar-refractivity contribution in [2.75, 3.05) is 27.2 Å². The van der Waals surface area contributed by atoms with Crippen LogP contribution in [0.1, 0.15) is 24.0 Å². The number of likely N-dealkylation sites (N-methyl/N-ethyl adjacent to an activating group) is 1. The second kappa shape index (κ2) is 8.46. The molecule has 1 unspecified atom stereocenters. The number of hydrogen-bond donors (Lipinski definition) is 1. The fraction of sp³-hybridized carbons (Fsp3) is 0.500. The molecule has 1 atom stereocenters. The molecule has 6 nitrogen and oxygen atoms in total. The van der Waals surface area contributed by atoms with Gasteiger partial charge < -0.3 is 10.2 Å². The molecule has 1 N–H and O–H groups in total. The van der Waals surface area contributed by atoms with Crippen molar-refractivity contribution >= 4 is 11.8 Å². The van der Waals surface area contributed by atoms with Gasteiger partial charge in [0.1, 0.15) is 0 Å². The van der Waals surface area contributed by atoms with Gasteiger partial charge >= 0.3 is 0 Å². The summed E-state index contributed by atoms with van der Waals surface area (Å²) >= 11 is 0. The maximum absolute atomic E-state index is 12.2. The smallest absolute Gasteiger partial charge is 0.237 e. The molecule has 1 aromatic rings. The van der Waals surface area contributed by atoms with Gasteiger partial charge in [0.2, 0.25) is 11.8 Å². The molecule has 2 rings (SSSR count). The molecule has 0 saturated heterocycles. The molecule has 2 amide bonds. The van der Waals surface area contributed by atoms with E-state index in [1.54, 1.807) is 19.0 Å². The first-order valence-electron chi connectivity index (χ1n) is 8.20. The van der Waals surface area contributed by atoms with Gasteiger partial charge in [-0.15, -0.1) is 0 Å². The Morgan fingerprint density at radius 3 is 2.75 bits per heavy atom. The monoisotopic (exact) mass is 328 g/mol. The largest absolute Gasteiger partial charge is 0.358 e. The minimum Gasteiger partial charge on any atom is -0.358 e. The van der Waals surface area contributed by atoms with E-state index in [0.29, 0.717) is 38.9 Å². The lowest BCUT2D eigenvalue weighted by Gasteiger charge is -2.35. The third-order valence-corrected chi connectivity index (χ3v) is 4.49. The zero-order chi connectivity index (χ0) is 17.5. The van der Waals surface area contributed by atoms with Gasteiger partial charge in [-0.2, -0.15) is 5.26 Å². The Morgan fingerprint density at radius 2 is 2.08 bits per heavy atom. The summed E-state index contributed by atoms with van der Waals surface area (Å²) in [5, 5.41) is 11.3. The summed E-state index contributed by atoms with van der Waals surface area (Å²) in [4.78, 5) is 28.0. The summed E-state index contributed by atoms with van der Waals surface area (Å²) in [5.74, 6) is -0.0189. The maximum atomic E-state index is 12.2. The summed E-state index contributed by atoms with van der Waals surface area (Å²) < 4.78 is 0. The third kappa shape index (κ3) is 4.33. The molecule has 0 aromatic heterocycles. The Balaban J connectivity index is 2.02. The number of amides is 2. The predicted octanol–water partition coefficient (Wildman–Crippen LogP) is 0.921. The zero-order valence-corrected chi connectivity index (χ0v) is 14.3. The number of nitrogens with one attached hydrogen (secondary N) is 1. The van der Waals surface area contributed by atoms with E-state index in [-0.39, 0.29) is 17.9 Å². The van der Waals surface area contributed by atoms with E-state index in [9.17, 15) is 9.59 Å². The van der Waals surface area contributed by atoms with Crippen LogP contribution in [0.2, 0.25) is 0 Å². The van der Waals surface area contributed by atoms with Gasteiger partial charge in [-0.05, 0) is 17.5 Å². The fourth-order valence-corrected chi connectivity index (χ4v) is 3.01. The summed E-state index contributed by atoms with van der Waals surface area (Å²) in [6.45, 7) is 1.64. The number of benzene rings is 1. The van der Waals surface area contributed by atoms with Gasteiger partial charge in [0.25, 0.3) is 0 Å². The van der Waals surface area contributed by atoms with E-state index in [0.717, 1.165) is 0 Å². The van der Waals surface area contributed by atoms with Crippen LogP contribution < -0.4 is 5.32 Å². The van der Waals surface area contributed by atoms with Crippen molar-refractivity contribution in [2.24, 2.45) is 0 Å². The average Bonchev–Trinajstić information content (AvgIpc) is 2.62. The highest BCUT2D eigenvalue weighted by Gasteiger charge is 2.31. The van der Waals surface area contributed by atoms with Crippen molar-refractivity contribution in [3.63, 3.8) is 0 Å². The third-order valence-electron chi connectivity index (χ3n) is 4.49. The first-order valence-corrected chi connectivity index (χ1v) is 8.20. The van der Waals surface area contributed by atoms with E-state index in [1.165, 1.54) is 11.1 Å². The van der Waals surface area contributed by atoms with Gasteiger partial charge in [-0.1, -0.05) is 24.3 Å². The normalized spacial score (nSPS) is 16.8. The summed E-state index contributed by atoms with van der Waals surface area (Å²) in [7, 11) is 3.35. The standard InChI is InChI=1S/C18H24N4O2/c1-20-18(24)16-12-14-6-3-4-7-15(14)13-22(16)11-8-17(23)21(2)10-5-9-19/h3-4,6-7,16H,5,8,10-13H2,1-2H3,(H,20,24). The molecule has 0 bridgehead atoms. The molecule has 0 radical (unpaired) electrons. The van der Waals surface area contributed by atoms with Gasteiger partial charge in [0, 0.05) is 40.2 Å². The number of fused-ring (bicyclic) bond motifs is 1. The maximum Gasteiger partial charge on any atom is 0.237 e. The van der Waals surface area contributed by atoms with Crippen LogP contribution in [0, 0.1) is 11.3 Å². The van der Waals surface area contributed by atoms with Crippen LogP contribution in [0.4, 0.5) is 0 Å². The van der Waals surface area contributed by atoms with Crippen molar-refractivity contribution < 1.29 is 9.59 Å². The van der Waals surface area contributed by atoms with E-state index in [2.05, 4.69) is 22.3 Å². The number of nitriles is 1. The number of carbonyl (C=O) groups excluding carboxylic acids is 2. The van der Waals surface area contributed by atoms with Crippen LogP contribution in [0.3, 0.4) is 0 Å². The minimum atomic E-state index is -0.248. The number of carbonyl (C=O) groups is 2. The number of hydrogen-bond acceptors (Lipinski definition) is 4. The molecular weight excluding hydrogens is 304 g/mol. The quantitative estimate of drug-likeness (QED) is 0.842. The Hall–Kier alpha value is -2.39. The summed E-state index contributed by atoms with van der Waals surface area (Å²) in [6.07, 6.45) is 1.34. The van der Waals surface area contributed by atoms with E-state index in [4.69, 9.17) is 5.26 Å². The molecule has 1 aliphatic heterocycles. The Morgan fingerprint density at radius 1 is 1.38 bits per heavy atom.